The summed E-state index contributed by atoms with van der Waals surface area (Å²) in [4.78, 5) is 9.80. The Morgan fingerprint density at radius 3 is 2.41 bits per heavy atom. The Morgan fingerprint density at radius 1 is 1.03 bits per heavy atom. The third kappa shape index (κ3) is 6.38. The number of furan rings is 1. The molecule has 180 valence electrons. The van der Waals surface area contributed by atoms with Crippen molar-refractivity contribution in [3.05, 3.63) is 58.9 Å². The van der Waals surface area contributed by atoms with Gasteiger partial charge < -0.3 is 20.0 Å². The number of aromatic nitrogens is 2. The van der Waals surface area contributed by atoms with Crippen LogP contribution in [0.5, 0.6) is 0 Å². The Bertz CT molecular complexity index is 1130. The summed E-state index contributed by atoms with van der Waals surface area (Å²) < 4.78 is 46.2. The topological polar surface area (TPSA) is 66.2 Å². The van der Waals surface area contributed by atoms with Crippen LogP contribution >= 0.6 is 23.8 Å². The maximum atomic E-state index is 13.5. The predicted molar refractivity (Wildman–Crippen MR) is 130 cm³/mol. The van der Waals surface area contributed by atoms with Gasteiger partial charge in [0, 0.05) is 29.7 Å². The molecule has 1 aromatic carbocycles. The van der Waals surface area contributed by atoms with Crippen molar-refractivity contribution in [1.29, 1.82) is 0 Å². The standard InChI is InChI=1S/C23H23ClF3N5OS/c24-16-7-5-15(6-8-16)18-10-9-17(33-18)14-28-22(34)31-21-29-19(23(25,26)27)13-20(30-21)32-11-3-1-2-4-12-32/h5-10,13H,1-4,11-12,14H2,(H2,28,29,30,31,34). The minimum absolute atomic E-state index is 0.0885. The highest BCUT2D eigenvalue weighted by molar-refractivity contribution is 7.80. The quantitative estimate of drug-likeness (QED) is 0.392. The monoisotopic (exact) mass is 509 g/mol. The number of halogens is 4. The van der Waals surface area contributed by atoms with E-state index >= 15 is 0 Å². The Kier molecular flexibility index (Phi) is 7.57. The summed E-state index contributed by atoms with van der Waals surface area (Å²) in [6, 6.07) is 11.8. The van der Waals surface area contributed by atoms with Crippen molar-refractivity contribution in [2.24, 2.45) is 0 Å². The molecule has 3 aromatic rings. The Hall–Kier alpha value is -2.85. The van der Waals surface area contributed by atoms with Crippen LogP contribution in [0.25, 0.3) is 11.3 Å². The molecule has 1 saturated heterocycles. The minimum atomic E-state index is -4.60. The number of benzene rings is 1. The lowest BCUT2D eigenvalue weighted by Crippen LogP contribution is -2.30. The second-order valence-electron chi connectivity index (χ2n) is 7.91. The molecule has 2 N–H and O–H groups in total. The number of anilines is 2. The first-order chi connectivity index (χ1) is 16.3. The van der Waals surface area contributed by atoms with Gasteiger partial charge in [0.25, 0.3) is 0 Å². The highest BCUT2D eigenvalue weighted by atomic mass is 35.5. The molecule has 0 unspecified atom stereocenters. The van der Waals surface area contributed by atoms with Crippen LogP contribution in [0.3, 0.4) is 0 Å². The first-order valence-corrected chi connectivity index (χ1v) is 11.7. The number of rotatable bonds is 5. The van der Waals surface area contributed by atoms with Gasteiger partial charge in [0.05, 0.1) is 6.54 Å². The minimum Gasteiger partial charge on any atom is -0.459 e. The normalized spacial score (nSPS) is 14.5. The van der Waals surface area contributed by atoms with E-state index in [1.807, 2.05) is 23.1 Å². The molecular formula is C23H23ClF3N5OS. The number of alkyl halides is 3. The van der Waals surface area contributed by atoms with Crippen LogP contribution in [0.2, 0.25) is 5.02 Å². The summed E-state index contributed by atoms with van der Waals surface area (Å²) in [5, 5.41) is 6.32. The second-order valence-corrected chi connectivity index (χ2v) is 8.76. The second kappa shape index (κ2) is 10.6. The molecule has 1 aliphatic rings. The number of nitrogens with one attached hydrogen (secondary N) is 2. The Labute approximate surface area is 205 Å². The molecule has 0 spiro atoms. The molecule has 1 fully saturated rings. The van der Waals surface area contributed by atoms with E-state index in [-0.39, 0.29) is 23.4 Å². The van der Waals surface area contributed by atoms with Gasteiger partial charge in [-0.3, -0.25) is 0 Å². The summed E-state index contributed by atoms with van der Waals surface area (Å²) in [6.07, 6.45) is -0.662. The summed E-state index contributed by atoms with van der Waals surface area (Å²) in [6.45, 7) is 1.55. The molecule has 0 bridgehead atoms. The number of thiocarbonyl (C=S) groups is 1. The van der Waals surface area contributed by atoms with Gasteiger partial charge in [-0.15, -0.1) is 0 Å². The zero-order valence-corrected chi connectivity index (χ0v) is 19.7. The van der Waals surface area contributed by atoms with Crippen LogP contribution in [-0.4, -0.2) is 28.2 Å². The summed E-state index contributed by atoms with van der Waals surface area (Å²) in [5.41, 5.74) is -0.138. The lowest BCUT2D eigenvalue weighted by Gasteiger charge is -2.23. The van der Waals surface area contributed by atoms with Gasteiger partial charge in [0.15, 0.2) is 10.8 Å². The fourth-order valence-electron chi connectivity index (χ4n) is 3.65. The first kappa shape index (κ1) is 24.3. The molecule has 0 atom stereocenters. The van der Waals surface area contributed by atoms with Crippen molar-refractivity contribution in [3.63, 3.8) is 0 Å². The molecule has 0 radical (unpaired) electrons. The zero-order chi connectivity index (χ0) is 24.1. The molecule has 3 heterocycles. The van der Waals surface area contributed by atoms with Gasteiger partial charge in [-0.2, -0.15) is 18.2 Å². The van der Waals surface area contributed by atoms with Crippen LogP contribution in [0.15, 0.2) is 46.9 Å². The van der Waals surface area contributed by atoms with E-state index in [1.54, 1.807) is 18.2 Å². The number of hydrogen-bond donors (Lipinski definition) is 2. The first-order valence-electron chi connectivity index (χ1n) is 10.9. The van der Waals surface area contributed by atoms with Gasteiger partial charge in [-0.1, -0.05) is 24.4 Å². The van der Waals surface area contributed by atoms with E-state index in [4.69, 9.17) is 28.2 Å². The van der Waals surface area contributed by atoms with E-state index in [2.05, 4.69) is 20.6 Å². The number of nitrogens with zero attached hydrogens (tertiary/aromatic N) is 3. The molecule has 0 aliphatic carbocycles. The van der Waals surface area contributed by atoms with Crippen LogP contribution < -0.4 is 15.5 Å². The van der Waals surface area contributed by atoms with Gasteiger partial charge >= 0.3 is 6.18 Å². The fraction of sp³-hybridized carbons (Fsp3) is 0.348. The maximum Gasteiger partial charge on any atom is 0.433 e. The third-order valence-corrected chi connectivity index (χ3v) is 5.87. The summed E-state index contributed by atoms with van der Waals surface area (Å²) >= 11 is 11.2. The van der Waals surface area contributed by atoms with Crippen molar-refractivity contribution < 1.29 is 17.6 Å². The van der Waals surface area contributed by atoms with E-state index in [0.29, 0.717) is 29.6 Å². The number of hydrogen-bond acceptors (Lipinski definition) is 5. The summed E-state index contributed by atoms with van der Waals surface area (Å²) in [7, 11) is 0. The molecule has 0 amide bonds. The highest BCUT2D eigenvalue weighted by Crippen LogP contribution is 2.31. The van der Waals surface area contributed by atoms with Crippen molar-refractivity contribution in [1.82, 2.24) is 15.3 Å². The Morgan fingerprint density at radius 2 is 1.74 bits per heavy atom. The van der Waals surface area contributed by atoms with E-state index in [1.165, 1.54) is 0 Å². The molecule has 6 nitrogen and oxygen atoms in total. The fourth-order valence-corrected chi connectivity index (χ4v) is 3.94. The average Bonchev–Trinajstić information content (AvgIpc) is 3.10. The smallest absolute Gasteiger partial charge is 0.433 e. The van der Waals surface area contributed by atoms with Crippen molar-refractivity contribution in [3.8, 4) is 11.3 Å². The van der Waals surface area contributed by atoms with Gasteiger partial charge in [0.2, 0.25) is 5.95 Å². The van der Waals surface area contributed by atoms with Crippen LogP contribution in [0, 0.1) is 0 Å². The van der Waals surface area contributed by atoms with Gasteiger partial charge in [0.1, 0.15) is 17.3 Å². The molecule has 1 aliphatic heterocycles. The summed E-state index contributed by atoms with van der Waals surface area (Å²) in [5.74, 6) is 1.31. The van der Waals surface area contributed by atoms with Crippen molar-refractivity contribution in [2.45, 2.75) is 38.4 Å². The molecule has 0 saturated carbocycles. The van der Waals surface area contributed by atoms with E-state index in [0.717, 1.165) is 37.3 Å². The van der Waals surface area contributed by atoms with E-state index < -0.39 is 11.9 Å². The lowest BCUT2D eigenvalue weighted by molar-refractivity contribution is -0.141. The highest BCUT2D eigenvalue weighted by Gasteiger charge is 2.34. The molecule has 34 heavy (non-hydrogen) atoms. The molecule has 2 aromatic heterocycles. The molecule has 11 heteroatoms. The predicted octanol–water partition coefficient (Wildman–Crippen LogP) is 6.28. The van der Waals surface area contributed by atoms with Crippen LogP contribution in [-0.2, 0) is 12.7 Å². The van der Waals surface area contributed by atoms with Gasteiger partial charge in [-0.25, -0.2) is 4.98 Å². The average molecular weight is 510 g/mol. The lowest BCUT2D eigenvalue weighted by atomic mass is 10.2. The molecule has 4 rings (SSSR count). The third-order valence-electron chi connectivity index (χ3n) is 5.37. The largest absolute Gasteiger partial charge is 0.459 e. The Balaban J connectivity index is 1.43. The zero-order valence-electron chi connectivity index (χ0n) is 18.2. The van der Waals surface area contributed by atoms with Gasteiger partial charge in [-0.05, 0) is 61.5 Å². The van der Waals surface area contributed by atoms with Crippen molar-refractivity contribution in [2.75, 3.05) is 23.3 Å². The van der Waals surface area contributed by atoms with E-state index in [9.17, 15) is 13.2 Å². The maximum absolute atomic E-state index is 13.5. The molecular weight excluding hydrogens is 487 g/mol. The SMILES string of the molecule is FC(F)(F)c1cc(N2CCCCCC2)nc(NC(=S)NCc2ccc(-c3ccc(Cl)cc3)o2)n1. The van der Waals surface area contributed by atoms with Crippen molar-refractivity contribution >= 4 is 40.7 Å². The van der Waals surface area contributed by atoms with Crippen LogP contribution in [0.1, 0.15) is 37.1 Å². The van der Waals surface area contributed by atoms with Crippen LogP contribution in [0.4, 0.5) is 24.9 Å².